The monoisotopic (exact) mass is 187 g/mol. The molecule has 2 bridgehead atoms. The van der Waals surface area contributed by atoms with E-state index in [0.717, 1.165) is 0 Å². The fraction of sp³-hybridized carbons (Fsp3) is 0.714. The van der Waals surface area contributed by atoms with Crippen molar-refractivity contribution in [1.82, 2.24) is 15.0 Å². The lowest BCUT2D eigenvalue weighted by molar-refractivity contribution is -0.0580. The molecule has 1 fully saturated rings. The van der Waals surface area contributed by atoms with Crippen LogP contribution in [0.25, 0.3) is 0 Å². The van der Waals surface area contributed by atoms with E-state index < -0.39 is 17.7 Å². The Morgan fingerprint density at radius 2 is 2.50 bits per heavy atom. The molecule has 1 aromatic heterocycles. The Hall–Kier alpha value is -0.810. The summed E-state index contributed by atoms with van der Waals surface area (Å²) in [5.41, 5.74) is -0.202. The van der Waals surface area contributed by atoms with Gasteiger partial charge in [0.05, 0.1) is 19.7 Å². The van der Waals surface area contributed by atoms with Gasteiger partial charge in [0.25, 0.3) is 0 Å². The van der Waals surface area contributed by atoms with Crippen LogP contribution in [0.2, 0.25) is 6.32 Å². The Kier molecular flexibility index (Phi) is 1.46. The molecule has 1 saturated heterocycles. The van der Waals surface area contributed by atoms with E-state index in [1.54, 1.807) is 10.9 Å². The minimum atomic E-state index is -0.909. The Balaban J connectivity index is 2.22. The summed E-state index contributed by atoms with van der Waals surface area (Å²) in [6, 6.07) is -0.932. The number of fused-ring (bicyclic) bond motifs is 5. The van der Waals surface area contributed by atoms with Gasteiger partial charge < -0.3 is 9.84 Å². The number of rotatable bonds is 1. The van der Waals surface area contributed by atoms with E-state index in [1.807, 2.05) is 0 Å². The largest absolute Gasteiger partial charge is 0.387 e. The fourth-order valence-corrected chi connectivity index (χ4v) is 2.36. The van der Waals surface area contributed by atoms with Crippen molar-refractivity contribution >= 4 is 15.7 Å². The molecule has 14 heavy (non-hydrogen) atoms. The highest BCUT2D eigenvalue weighted by molar-refractivity contribution is 6.12. The maximum atomic E-state index is 9.99. The van der Waals surface area contributed by atoms with Crippen molar-refractivity contribution < 1.29 is 9.84 Å². The second-order valence-electron chi connectivity index (χ2n) is 3.68. The highest BCUT2D eigenvalue weighted by atomic mass is 16.5. The number of hydrogen-bond donors (Lipinski definition) is 1. The summed E-state index contributed by atoms with van der Waals surface area (Å²) < 4.78 is 7.10. The lowest BCUT2D eigenvalue weighted by atomic mass is 9.81. The van der Waals surface area contributed by atoms with Gasteiger partial charge in [0, 0.05) is 6.00 Å². The minimum Gasteiger partial charge on any atom is -0.387 e. The van der Waals surface area contributed by atoms with Gasteiger partial charge >= 0.3 is 0 Å². The van der Waals surface area contributed by atoms with E-state index in [-0.39, 0.29) is 12.4 Å². The van der Waals surface area contributed by atoms with Gasteiger partial charge in [0.2, 0.25) is 0 Å². The molecule has 2 aliphatic heterocycles. The van der Waals surface area contributed by atoms with Crippen LogP contribution >= 0.6 is 0 Å². The highest BCUT2D eigenvalue weighted by Gasteiger charge is 2.61. The van der Waals surface area contributed by atoms with Crippen LogP contribution in [0.15, 0.2) is 6.20 Å². The number of ether oxygens (including phenoxy) is 1. The number of nitrogens with zero attached hydrogens (tertiary/aromatic N) is 3. The Labute approximate surface area is 83.3 Å². The highest BCUT2D eigenvalue weighted by Crippen LogP contribution is 2.52. The lowest BCUT2D eigenvalue weighted by Crippen LogP contribution is -2.34. The first kappa shape index (κ1) is 8.49. The van der Waals surface area contributed by atoms with Crippen LogP contribution < -0.4 is 0 Å². The SMILES string of the molecule is [B]C[C@]12OC([B])C(C1O)n1nncc12. The summed E-state index contributed by atoms with van der Waals surface area (Å²) in [7, 11) is 11.3. The smallest absolute Gasteiger partial charge is 0.131 e. The second-order valence-corrected chi connectivity index (χ2v) is 3.68. The van der Waals surface area contributed by atoms with E-state index in [0.29, 0.717) is 5.69 Å². The topological polar surface area (TPSA) is 60.2 Å². The normalized spacial score (nSPS) is 44.2. The van der Waals surface area contributed by atoms with E-state index in [9.17, 15) is 5.11 Å². The van der Waals surface area contributed by atoms with E-state index in [2.05, 4.69) is 10.3 Å². The molecule has 7 heteroatoms. The first-order valence-electron chi connectivity index (χ1n) is 4.43. The third-order valence-electron chi connectivity index (χ3n) is 3.08. The molecule has 68 valence electrons. The van der Waals surface area contributed by atoms with Crippen molar-refractivity contribution in [3.05, 3.63) is 11.9 Å². The molecule has 2 aliphatic rings. The summed E-state index contributed by atoms with van der Waals surface area (Å²) >= 11 is 0. The van der Waals surface area contributed by atoms with Crippen molar-refractivity contribution in [3.63, 3.8) is 0 Å². The standard InChI is InChI=1S/C7H7B2N3O2/c8-2-7-3-1-10-11-12(3)4(5(7)13)6(9)14-7/h1,4-6,13H,2H2/t4?,5?,6?,7-/m1/s1. The Morgan fingerprint density at radius 1 is 1.71 bits per heavy atom. The quantitative estimate of drug-likeness (QED) is 0.543. The van der Waals surface area contributed by atoms with Gasteiger partial charge in [-0.3, -0.25) is 0 Å². The summed E-state index contributed by atoms with van der Waals surface area (Å²) in [6.07, 6.45) is 1.00. The van der Waals surface area contributed by atoms with Crippen LogP contribution in [0.1, 0.15) is 11.7 Å². The summed E-state index contributed by atoms with van der Waals surface area (Å²) in [5.74, 6) is 0. The van der Waals surface area contributed by atoms with Crippen molar-refractivity contribution in [1.29, 1.82) is 0 Å². The van der Waals surface area contributed by atoms with Crippen molar-refractivity contribution in [3.8, 4) is 0 Å². The van der Waals surface area contributed by atoms with E-state index in [4.69, 9.17) is 20.4 Å². The van der Waals surface area contributed by atoms with Crippen LogP contribution in [-0.4, -0.2) is 47.9 Å². The summed E-state index contributed by atoms with van der Waals surface area (Å²) in [6.45, 7) is 0. The van der Waals surface area contributed by atoms with Crippen LogP contribution in [-0.2, 0) is 10.3 Å². The average molecular weight is 187 g/mol. The van der Waals surface area contributed by atoms with Crippen molar-refractivity contribution in [2.45, 2.75) is 30.1 Å². The molecule has 0 spiro atoms. The Bertz CT molecular complexity index is 385. The Morgan fingerprint density at radius 3 is 3.21 bits per heavy atom. The van der Waals surface area contributed by atoms with Gasteiger partial charge in [-0.05, 0) is 0 Å². The number of aromatic nitrogens is 3. The summed E-state index contributed by atoms with van der Waals surface area (Å²) in [4.78, 5) is 0. The first-order valence-corrected chi connectivity index (χ1v) is 4.43. The summed E-state index contributed by atoms with van der Waals surface area (Å²) in [5, 5.41) is 17.6. The van der Waals surface area contributed by atoms with Gasteiger partial charge in [-0.2, -0.15) is 0 Å². The van der Waals surface area contributed by atoms with Crippen molar-refractivity contribution in [2.75, 3.05) is 0 Å². The zero-order valence-corrected chi connectivity index (χ0v) is 7.37. The molecule has 0 saturated carbocycles. The molecule has 0 aromatic carbocycles. The van der Waals surface area contributed by atoms with Gasteiger partial charge in [-0.1, -0.05) is 11.5 Å². The van der Waals surface area contributed by atoms with Crippen molar-refractivity contribution in [2.24, 2.45) is 0 Å². The van der Waals surface area contributed by atoms with Crippen LogP contribution in [0.5, 0.6) is 0 Å². The van der Waals surface area contributed by atoms with Crippen LogP contribution in [0.3, 0.4) is 0 Å². The number of aliphatic hydroxyl groups is 1. The molecule has 1 N–H and O–H groups in total. The van der Waals surface area contributed by atoms with E-state index in [1.165, 1.54) is 0 Å². The van der Waals surface area contributed by atoms with Gasteiger partial charge in [-0.15, -0.1) is 5.10 Å². The molecule has 0 aliphatic carbocycles. The van der Waals surface area contributed by atoms with Crippen LogP contribution in [0.4, 0.5) is 0 Å². The molecular formula is C7H7B2N3O2. The van der Waals surface area contributed by atoms with Crippen LogP contribution in [0, 0.1) is 0 Å². The molecule has 3 rings (SSSR count). The maximum Gasteiger partial charge on any atom is 0.131 e. The molecular weight excluding hydrogens is 180 g/mol. The van der Waals surface area contributed by atoms with Gasteiger partial charge in [0.1, 0.15) is 25.6 Å². The fourth-order valence-electron chi connectivity index (χ4n) is 2.36. The number of hydrogen-bond acceptors (Lipinski definition) is 4. The minimum absolute atomic E-state index is 0.172. The third-order valence-corrected chi connectivity index (χ3v) is 3.08. The maximum absolute atomic E-state index is 9.99. The molecule has 4 radical (unpaired) electrons. The molecule has 3 unspecified atom stereocenters. The van der Waals surface area contributed by atoms with E-state index >= 15 is 0 Å². The number of aliphatic hydroxyl groups excluding tert-OH is 1. The average Bonchev–Trinajstić information content (AvgIpc) is 2.76. The molecule has 3 heterocycles. The zero-order valence-electron chi connectivity index (χ0n) is 7.37. The second kappa shape index (κ2) is 2.41. The molecule has 5 nitrogen and oxygen atoms in total. The molecule has 1 aromatic rings. The van der Waals surface area contributed by atoms with Gasteiger partial charge in [-0.25, -0.2) is 4.68 Å². The third kappa shape index (κ3) is 0.685. The first-order chi connectivity index (χ1) is 6.70. The predicted octanol–water partition coefficient (Wildman–Crippen LogP) is -1.50. The molecule has 4 atom stereocenters. The predicted molar refractivity (Wildman–Crippen MR) is 47.9 cm³/mol. The molecule has 0 amide bonds. The lowest BCUT2D eigenvalue weighted by Gasteiger charge is -2.29. The zero-order chi connectivity index (χ0) is 9.92. The van der Waals surface area contributed by atoms with Gasteiger partial charge in [0.15, 0.2) is 0 Å².